The first-order valence-corrected chi connectivity index (χ1v) is 6.99. The molecule has 1 amide bonds. The van der Waals surface area contributed by atoms with Crippen molar-refractivity contribution >= 4 is 15.9 Å². The highest BCUT2D eigenvalue weighted by atomic mass is 32.2. The molecule has 7 heteroatoms. The summed E-state index contributed by atoms with van der Waals surface area (Å²) in [6.45, 7) is 3.96. The first-order valence-electron chi connectivity index (χ1n) is 5.38. The number of carbonyl (C=O) groups excluding carboxylic acids is 1. The average molecular weight is 250 g/mol. The van der Waals surface area contributed by atoms with Crippen molar-refractivity contribution in [2.45, 2.75) is 13.3 Å². The Morgan fingerprint density at radius 2 is 2.00 bits per heavy atom. The van der Waals surface area contributed by atoms with Crippen LogP contribution in [-0.4, -0.2) is 57.2 Å². The van der Waals surface area contributed by atoms with Crippen molar-refractivity contribution in [3.05, 3.63) is 0 Å². The van der Waals surface area contributed by atoms with E-state index < -0.39 is 10.0 Å². The zero-order valence-corrected chi connectivity index (χ0v) is 10.3. The van der Waals surface area contributed by atoms with Crippen LogP contribution < -0.4 is 5.32 Å². The lowest BCUT2D eigenvalue weighted by molar-refractivity contribution is -0.120. The molecule has 1 saturated heterocycles. The van der Waals surface area contributed by atoms with E-state index in [9.17, 15) is 13.2 Å². The second-order valence-corrected chi connectivity index (χ2v) is 5.62. The third kappa shape index (κ3) is 4.07. The van der Waals surface area contributed by atoms with Crippen LogP contribution in [-0.2, 0) is 19.6 Å². The summed E-state index contributed by atoms with van der Waals surface area (Å²) in [5.41, 5.74) is 0. The SMILES string of the molecule is CCNC(=O)CCS(=O)(=O)N1CCOCC1. The molecular formula is C9H18N2O4S. The van der Waals surface area contributed by atoms with E-state index in [1.807, 2.05) is 0 Å². The third-order valence-corrected chi connectivity index (χ3v) is 4.20. The second kappa shape index (κ2) is 6.17. The number of rotatable bonds is 5. The van der Waals surface area contributed by atoms with Crippen LogP contribution >= 0.6 is 0 Å². The van der Waals surface area contributed by atoms with Gasteiger partial charge in [0.25, 0.3) is 0 Å². The van der Waals surface area contributed by atoms with E-state index in [0.29, 0.717) is 32.8 Å². The van der Waals surface area contributed by atoms with E-state index in [1.165, 1.54) is 4.31 Å². The molecule has 0 unspecified atom stereocenters. The number of carbonyl (C=O) groups is 1. The van der Waals surface area contributed by atoms with Gasteiger partial charge in [-0.25, -0.2) is 8.42 Å². The summed E-state index contributed by atoms with van der Waals surface area (Å²) in [5.74, 6) is -0.349. The molecule has 0 atom stereocenters. The maximum atomic E-state index is 11.8. The third-order valence-electron chi connectivity index (χ3n) is 2.32. The normalized spacial score (nSPS) is 18.3. The first-order chi connectivity index (χ1) is 7.56. The van der Waals surface area contributed by atoms with Crippen molar-refractivity contribution in [2.24, 2.45) is 0 Å². The van der Waals surface area contributed by atoms with E-state index in [4.69, 9.17) is 4.74 Å². The average Bonchev–Trinajstić information content (AvgIpc) is 2.28. The molecule has 16 heavy (non-hydrogen) atoms. The number of amides is 1. The molecule has 0 spiro atoms. The number of nitrogens with one attached hydrogen (secondary N) is 1. The molecule has 0 aromatic carbocycles. The zero-order chi connectivity index (χ0) is 12.0. The lowest BCUT2D eigenvalue weighted by Gasteiger charge is -2.25. The van der Waals surface area contributed by atoms with Gasteiger partial charge in [0.15, 0.2) is 0 Å². The summed E-state index contributed by atoms with van der Waals surface area (Å²) in [4.78, 5) is 11.2. The van der Waals surface area contributed by atoms with Crippen molar-refractivity contribution in [3.8, 4) is 0 Å². The molecule has 94 valence electrons. The molecule has 0 saturated carbocycles. The van der Waals surface area contributed by atoms with Gasteiger partial charge in [0, 0.05) is 26.1 Å². The Kier molecular flexibility index (Phi) is 5.17. The Morgan fingerprint density at radius 1 is 1.38 bits per heavy atom. The molecule has 1 N–H and O–H groups in total. The number of morpholine rings is 1. The molecule has 0 radical (unpaired) electrons. The molecule has 1 fully saturated rings. The lowest BCUT2D eigenvalue weighted by Crippen LogP contribution is -2.42. The minimum Gasteiger partial charge on any atom is -0.379 e. The predicted molar refractivity (Wildman–Crippen MR) is 59.5 cm³/mol. The van der Waals surface area contributed by atoms with Gasteiger partial charge in [-0.1, -0.05) is 0 Å². The Balaban J connectivity index is 2.41. The van der Waals surface area contributed by atoms with Crippen LogP contribution in [0.15, 0.2) is 0 Å². The number of hydrogen-bond donors (Lipinski definition) is 1. The number of ether oxygens (including phenoxy) is 1. The van der Waals surface area contributed by atoms with Gasteiger partial charge in [-0.15, -0.1) is 0 Å². The lowest BCUT2D eigenvalue weighted by atomic mass is 10.4. The summed E-state index contributed by atoms with van der Waals surface area (Å²) < 4.78 is 30.0. The van der Waals surface area contributed by atoms with Gasteiger partial charge in [0.05, 0.1) is 19.0 Å². The molecule has 1 aliphatic rings. The largest absolute Gasteiger partial charge is 0.379 e. The van der Waals surface area contributed by atoms with Crippen molar-refractivity contribution in [1.29, 1.82) is 0 Å². The van der Waals surface area contributed by atoms with Crippen LogP contribution in [0.4, 0.5) is 0 Å². The minimum absolute atomic E-state index is 0.0214. The van der Waals surface area contributed by atoms with Gasteiger partial charge in [-0.05, 0) is 6.92 Å². The maximum absolute atomic E-state index is 11.8. The smallest absolute Gasteiger partial charge is 0.221 e. The quantitative estimate of drug-likeness (QED) is 0.691. The monoisotopic (exact) mass is 250 g/mol. The molecule has 0 aliphatic carbocycles. The van der Waals surface area contributed by atoms with Crippen LogP contribution in [0.2, 0.25) is 0 Å². The second-order valence-electron chi connectivity index (χ2n) is 3.53. The van der Waals surface area contributed by atoms with Crippen molar-refractivity contribution in [2.75, 3.05) is 38.6 Å². The van der Waals surface area contributed by atoms with Crippen LogP contribution in [0, 0.1) is 0 Å². The number of sulfonamides is 1. The first kappa shape index (κ1) is 13.4. The van der Waals surface area contributed by atoms with Crippen molar-refractivity contribution in [3.63, 3.8) is 0 Å². The van der Waals surface area contributed by atoms with E-state index in [1.54, 1.807) is 6.92 Å². The van der Waals surface area contributed by atoms with Gasteiger partial charge < -0.3 is 10.1 Å². The van der Waals surface area contributed by atoms with E-state index in [-0.39, 0.29) is 18.1 Å². The van der Waals surface area contributed by atoms with Gasteiger partial charge in [0.1, 0.15) is 0 Å². The topological polar surface area (TPSA) is 75.7 Å². The van der Waals surface area contributed by atoms with Crippen LogP contribution in [0.25, 0.3) is 0 Å². The van der Waals surface area contributed by atoms with Crippen LogP contribution in [0.5, 0.6) is 0 Å². The maximum Gasteiger partial charge on any atom is 0.221 e. The number of hydrogen-bond acceptors (Lipinski definition) is 4. The highest BCUT2D eigenvalue weighted by molar-refractivity contribution is 7.89. The fourth-order valence-electron chi connectivity index (χ4n) is 1.46. The summed E-state index contributed by atoms with van der Waals surface area (Å²) >= 11 is 0. The molecule has 6 nitrogen and oxygen atoms in total. The molecule has 0 aromatic rings. The molecule has 0 bridgehead atoms. The van der Waals surface area contributed by atoms with Crippen molar-refractivity contribution in [1.82, 2.24) is 9.62 Å². The standard InChI is InChI=1S/C9H18N2O4S/c1-2-10-9(12)3-8-16(13,14)11-4-6-15-7-5-11/h2-8H2,1H3,(H,10,12). The van der Waals surface area contributed by atoms with E-state index in [2.05, 4.69) is 5.32 Å². The summed E-state index contributed by atoms with van der Waals surface area (Å²) in [7, 11) is -3.30. The Hall–Kier alpha value is -0.660. The fraction of sp³-hybridized carbons (Fsp3) is 0.889. The van der Waals surface area contributed by atoms with E-state index >= 15 is 0 Å². The molecular weight excluding hydrogens is 232 g/mol. The van der Waals surface area contributed by atoms with Crippen molar-refractivity contribution < 1.29 is 17.9 Å². The summed E-state index contributed by atoms with van der Waals surface area (Å²) in [6.07, 6.45) is 0.0214. The van der Waals surface area contributed by atoms with Gasteiger partial charge in [-0.2, -0.15) is 4.31 Å². The Labute approximate surface area is 96.0 Å². The number of nitrogens with zero attached hydrogens (tertiary/aromatic N) is 1. The molecule has 1 rings (SSSR count). The fourth-order valence-corrected chi connectivity index (χ4v) is 2.87. The van der Waals surface area contributed by atoms with Crippen LogP contribution in [0.3, 0.4) is 0 Å². The highest BCUT2D eigenvalue weighted by Gasteiger charge is 2.24. The van der Waals surface area contributed by atoms with Gasteiger partial charge in [-0.3, -0.25) is 4.79 Å². The Morgan fingerprint density at radius 3 is 2.56 bits per heavy atom. The Bertz CT molecular complexity index is 322. The minimum atomic E-state index is -3.30. The summed E-state index contributed by atoms with van der Waals surface area (Å²) in [5, 5.41) is 2.57. The molecule has 1 heterocycles. The molecule has 0 aromatic heterocycles. The van der Waals surface area contributed by atoms with E-state index in [0.717, 1.165) is 0 Å². The summed E-state index contributed by atoms with van der Waals surface area (Å²) in [6, 6.07) is 0. The zero-order valence-electron chi connectivity index (χ0n) is 9.44. The van der Waals surface area contributed by atoms with Gasteiger partial charge in [0.2, 0.25) is 15.9 Å². The van der Waals surface area contributed by atoms with Gasteiger partial charge >= 0.3 is 0 Å². The highest BCUT2D eigenvalue weighted by Crippen LogP contribution is 2.06. The molecule has 1 aliphatic heterocycles. The predicted octanol–water partition coefficient (Wildman–Crippen LogP) is -0.825. The van der Waals surface area contributed by atoms with Crippen LogP contribution in [0.1, 0.15) is 13.3 Å².